The number of nitrogens with one attached hydrogen (secondary N) is 1. The number of halogens is 1. The molecule has 10 heteroatoms. The van der Waals surface area contributed by atoms with Crippen LogP contribution in [0.3, 0.4) is 0 Å². The van der Waals surface area contributed by atoms with Crippen LogP contribution in [0.2, 0.25) is 0 Å². The summed E-state index contributed by atoms with van der Waals surface area (Å²) in [6, 6.07) is 14.6. The maximum Gasteiger partial charge on any atom is 0.248 e. The Hall–Kier alpha value is -3.81. The zero-order valence-corrected chi connectivity index (χ0v) is 19.8. The molecule has 1 aliphatic heterocycles. The highest BCUT2D eigenvalue weighted by atomic mass is 32.2. The molecule has 2 heterocycles. The average Bonchev–Trinajstić information content (AvgIpc) is 3.24. The summed E-state index contributed by atoms with van der Waals surface area (Å²) in [7, 11) is -4.04. The molecular formula is C25H23FN4O4S. The van der Waals surface area contributed by atoms with E-state index < -0.39 is 21.8 Å². The molecule has 1 saturated heterocycles. The van der Waals surface area contributed by atoms with Crippen molar-refractivity contribution in [3.63, 3.8) is 0 Å². The lowest BCUT2D eigenvalue weighted by Gasteiger charge is -2.31. The number of hydrogen-bond acceptors (Lipinski definition) is 6. The van der Waals surface area contributed by atoms with E-state index in [0.717, 1.165) is 0 Å². The number of anilines is 1. The monoisotopic (exact) mass is 494 g/mol. The Morgan fingerprint density at radius 1 is 1.26 bits per heavy atom. The minimum Gasteiger partial charge on any atom is -0.355 e. The number of hydrogen-bond donors (Lipinski definition) is 1. The van der Waals surface area contributed by atoms with Gasteiger partial charge in [0, 0.05) is 24.3 Å². The highest BCUT2D eigenvalue weighted by Crippen LogP contribution is 2.30. The molecule has 180 valence electrons. The number of aryl methyl sites for hydroxylation is 1. The van der Waals surface area contributed by atoms with Gasteiger partial charge < -0.3 is 9.84 Å². The fourth-order valence-electron chi connectivity index (χ4n) is 3.99. The van der Waals surface area contributed by atoms with Gasteiger partial charge in [0.05, 0.1) is 17.6 Å². The molecule has 0 radical (unpaired) electrons. The van der Waals surface area contributed by atoms with Crippen molar-refractivity contribution in [1.82, 2.24) is 9.46 Å². The molecule has 8 nitrogen and oxygen atoms in total. The van der Waals surface area contributed by atoms with Crippen LogP contribution in [0.25, 0.3) is 12.2 Å². The maximum atomic E-state index is 14.0. The zero-order chi connectivity index (χ0) is 25.0. The molecule has 1 atom stereocenters. The highest BCUT2D eigenvalue weighted by Gasteiger charge is 2.37. The molecule has 0 saturated carbocycles. The standard InChI is InChI=1S/C25H23FN4O4S/c1-17-24(23(34-29-17)12-11-19-7-2-3-10-22(19)26)35(32,33)30-13-5-8-20(16-30)25(31)28-21-9-4-6-18(14-21)15-27/h2-4,6-7,9-12,14,20H,5,8,13,16H2,1H3,(H,28,31)/b12-11+. The van der Waals surface area contributed by atoms with Crippen molar-refractivity contribution in [3.8, 4) is 6.07 Å². The normalized spacial score (nSPS) is 16.8. The van der Waals surface area contributed by atoms with Gasteiger partial charge in [0.25, 0.3) is 0 Å². The van der Waals surface area contributed by atoms with Crippen LogP contribution in [0.5, 0.6) is 0 Å². The van der Waals surface area contributed by atoms with Gasteiger partial charge in [-0.1, -0.05) is 29.4 Å². The van der Waals surface area contributed by atoms with Crippen molar-refractivity contribution >= 4 is 33.8 Å². The van der Waals surface area contributed by atoms with Gasteiger partial charge in [-0.3, -0.25) is 4.79 Å². The van der Waals surface area contributed by atoms with Crippen LogP contribution < -0.4 is 5.32 Å². The Labute approximate surface area is 202 Å². The van der Waals surface area contributed by atoms with Crippen molar-refractivity contribution in [2.24, 2.45) is 5.92 Å². The first-order valence-electron chi connectivity index (χ1n) is 11.0. The van der Waals surface area contributed by atoms with Crippen LogP contribution in [0, 0.1) is 30.0 Å². The lowest BCUT2D eigenvalue weighted by Crippen LogP contribution is -2.43. The van der Waals surface area contributed by atoms with Crippen LogP contribution in [0.15, 0.2) is 57.9 Å². The minimum absolute atomic E-state index is 0.00675. The molecule has 35 heavy (non-hydrogen) atoms. The van der Waals surface area contributed by atoms with E-state index >= 15 is 0 Å². The summed E-state index contributed by atoms with van der Waals surface area (Å²) in [6.07, 6.45) is 3.83. The third-order valence-electron chi connectivity index (χ3n) is 5.76. The van der Waals surface area contributed by atoms with Gasteiger partial charge in [0.1, 0.15) is 11.5 Å². The second-order valence-electron chi connectivity index (χ2n) is 8.20. The zero-order valence-electron chi connectivity index (χ0n) is 18.9. The number of nitriles is 1. The van der Waals surface area contributed by atoms with Crippen molar-refractivity contribution in [1.29, 1.82) is 5.26 Å². The van der Waals surface area contributed by atoms with E-state index in [0.29, 0.717) is 24.1 Å². The van der Waals surface area contributed by atoms with Crippen LogP contribution in [0.4, 0.5) is 10.1 Å². The van der Waals surface area contributed by atoms with E-state index in [4.69, 9.17) is 9.78 Å². The number of carbonyl (C=O) groups is 1. The first-order chi connectivity index (χ1) is 16.8. The second kappa shape index (κ2) is 10.2. The molecule has 1 aromatic heterocycles. The Balaban J connectivity index is 1.54. The largest absolute Gasteiger partial charge is 0.355 e. The summed E-state index contributed by atoms with van der Waals surface area (Å²) < 4.78 is 47.5. The Morgan fingerprint density at radius 3 is 2.83 bits per heavy atom. The molecule has 4 rings (SSSR count). The number of carbonyl (C=O) groups excluding carboxylic acids is 1. The Morgan fingerprint density at radius 2 is 2.06 bits per heavy atom. The number of benzene rings is 2. The van der Waals surface area contributed by atoms with Gasteiger partial charge in [-0.2, -0.15) is 9.57 Å². The van der Waals surface area contributed by atoms with Crippen molar-refractivity contribution in [2.75, 3.05) is 18.4 Å². The third kappa shape index (κ3) is 5.31. The van der Waals surface area contributed by atoms with E-state index in [-0.39, 0.29) is 40.9 Å². The summed E-state index contributed by atoms with van der Waals surface area (Å²) in [6.45, 7) is 1.76. The van der Waals surface area contributed by atoms with E-state index in [1.54, 1.807) is 42.5 Å². The Kier molecular flexibility index (Phi) is 7.10. The maximum absolute atomic E-state index is 14.0. The number of nitrogens with zero attached hydrogens (tertiary/aromatic N) is 3. The number of rotatable bonds is 6. The lowest BCUT2D eigenvalue weighted by molar-refractivity contribution is -0.120. The highest BCUT2D eigenvalue weighted by molar-refractivity contribution is 7.89. The van der Waals surface area contributed by atoms with Gasteiger partial charge in [0.15, 0.2) is 10.7 Å². The summed E-state index contributed by atoms with van der Waals surface area (Å²) in [4.78, 5) is 12.8. The fraction of sp³-hybridized carbons (Fsp3) is 0.240. The molecular weight excluding hydrogens is 471 g/mol. The number of piperidine rings is 1. The lowest BCUT2D eigenvalue weighted by atomic mass is 9.98. The molecule has 0 spiro atoms. The quantitative estimate of drug-likeness (QED) is 0.549. The predicted molar refractivity (Wildman–Crippen MR) is 128 cm³/mol. The van der Waals surface area contributed by atoms with Gasteiger partial charge in [-0.05, 0) is 56.2 Å². The third-order valence-corrected chi connectivity index (χ3v) is 7.79. The molecule has 1 fully saturated rings. The number of sulfonamides is 1. The Bertz CT molecular complexity index is 1430. The minimum atomic E-state index is -4.04. The molecule has 1 amide bonds. The molecule has 0 bridgehead atoms. The average molecular weight is 495 g/mol. The van der Waals surface area contributed by atoms with E-state index in [9.17, 15) is 17.6 Å². The van der Waals surface area contributed by atoms with E-state index in [1.165, 1.54) is 29.4 Å². The summed E-state index contributed by atoms with van der Waals surface area (Å²) in [5.74, 6) is -1.34. The van der Waals surface area contributed by atoms with Crippen LogP contribution in [0.1, 0.15) is 35.4 Å². The van der Waals surface area contributed by atoms with Gasteiger partial charge in [0.2, 0.25) is 15.9 Å². The molecule has 1 unspecified atom stereocenters. The summed E-state index contributed by atoms with van der Waals surface area (Å²) in [5.41, 5.74) is 1.34. The molecule has 1 N–H and O–H groups in total. The van der Waals surface area contributed by atoms with Gasteiger partial charge in [-0.15, -0.1) is 0 Å². The summed E-state index contributed by atoms with van der Waals surface area (Å²) in [5, 5.41) is 15.6. The van der Waals surface area contributed by atoms with Crippen LogP contribution in [-0.2, 0) is 14.8 Å². The fourth-order valence-corrected chi connectivity index (χ4v) is 5.76. The molecule has 1 aliphatic rings. The second-order valence-corrected chi connectivity index (χ2v) is 10.1. The number of aromatic nitrogens is 1. The van der Waals surface area contributed by atoms with Gasteiger partial charge >= 0.3 is 0 Å². The van der Waals surface area contributed by atoms with E-state index in [2.05, 4.69) is 10.5 Å². The van der Waals surface area contributed by atoms with Gasteiger partial charge in [-0.25, -0.2) is 12.8 Å². The number of amides is 1. The predicted octanol–water partition coefficient (Wildman–Crippen LogP) is 4.20. The van der Waals surface area contributed by atoms with E-state index in [1.807, 2.05) is 6.07 Å². The topological polar surface area (TPSA) is 116 Å². The van der Waals surface area contributed by atoms with Crippen LogP contribution >= 0.6 is 0 Å². The SMILES string of the molecule is Cc1noc(/C=C/c2ccccc2F)c1S(=O)(=O)N1CCCC(C(=O)Nc2cccc(C#N)c2)C1. The molecule has 3 aromatic rings. The first-order valence-corrected chi connectivity index (χ1v) is 12.4. The smallest absolute Gasteiger partial charge is 0.248 e. The molecule has 2 aromatic carbocycles. The van der Waals surface area contributed by atoms with Crippen LogP contribution in [-0.4, -0.2) is 36.9 Å². The first kappa shape index (κ1) is 24.3. The molecule has 0 aliphatic carbocycles. The summed E-state index contributed by atoms with van der Waals surface area (Å²) >= 11 is 0. The van der Waals surface area contributed by atoms with Crippen molar-refractivity contribution < 1.29 is 22.1 Å². The van der Waals surface area contributed by atoms with Crippen molar-refractivity contribution in [3.05, 3.63) is 76.9 Å². The van der Waals surface area contributed by atoms with Crippen molar-refractivity contribution in [2.45, 2.75) is 24.7 Å².